The van der Waals surface area contributed by atoms with E-state index in [4.69, 9.17) is 11.1 Å². The van der Waals surface area contributed by atoms with Crippen LogP contribution in [0.15, 0.2) is 48.7 Å². The largest absolute Gasteiger partial charge is 0.280 e. The molecule has 0 fully saturated rings. The molecule has 2 aromatic rings. The fourth-order valence-corrected chi connectivity index (χ4v) is 1.48. The van der Waals surface area contributed by atoms with Crippen molar-refractivity contribution < 1.29 is 4.79 Å². The maximum Gasteiger partial charge on any atom is 0.234 e. The Hall–Kier alpha value is -2.30. The van der Waals surface area contributed by atoms with Gasteiger partial charge in [-0.15, -0.1) is 5.53 Å². The van der Waals surface area contributed by atoms with Crippen molar-refractivity contribution >= 4 is 17.7 Å². The van der Waals surface area contributed by atoms with Gasteiger partial charge in [0.1, 0.15) is 5.69 Å². The number of rotatable bonds is 2. The van der Waals surface area contributed by atoms with Crippen molar-refractivity contribution in [1.82, 2.24) is 4.98 Å². The van der Waals surface area contributed by atoms with E-state index in [0.717, 1.165) is 11.1 Å². The molecule has 1 heterocycles. The van der Waals surface area contributed by atoms with Crippen molar-refractivity contribution in [3.8, 4) is 11.1 Å². The molecule has 6 heteroatoms. The van der Waals surface area contributed by atoms with Gasteiger partial charge in [-0.2, -0.15) is 0 Å². The first-order chi connectivity index (χ1) is 8.69. The maximum atomic E-state index is 11.0. The lowest BCUT2D eigenvalue weighted by atomic mass is 10.1. The van der Waals surface area contributed by atoms with Gasteiger partial charge in [-0.25, -0.2) is 0 Å². The number of pyridine rings is 1. The van der Waals surface area contributed by atoms with Gasteiger partial charge in [0.15, 0.2) is 0 Å². The molecule has 0 saturated heterocycles. The average molecular weight is 258 g/mol. The van der Waals surface area contributed by atoms with E-state index >= 15 is 0 Å². The van der Waals surface area contributed by atoms with Crippen LogP contribution >= 0.6 is 12.6 Å². The number of aromatic nitrogens is 1. The number of benzene rings is 1. The zero-order valence-electron chi connectivity index (χ0n) is 9.32. The molecule has 0 radical (unpaired) electrons. The first kappa shape index (κ1) is 13.8. The van der Waals surface area contributed by atoms with Crippen molar-refractivity contribution in [3.63, 3.8) is 0 Å². The van der Waals surface area contributed by atoms with Crippen LogP contribution in [0.25, 0.3) is 21.6 Å². The van der Waals surface area contributed by atoms with E-state index in [0.29, 0.717) is 5.69 Å². The van der Waals surface area contributed by atoms with Crippen LogP contribution in [-0.4, -0.2) is 10.1 Å². The molecule has 0 bridgehead atoms. The number of thiol groups is 1. The van der Waals surface area contributed by atoms with Gasteiger partial charge < -0.3 is 0 Å². The molecule has 0 atom stereocenters. The molecule has 0 spiro atoms. The fourth-order valence-electron chi connectivity index (χ4n) is 1.36. The zero-order valence-corrected chi connectivity index (χ0v) is 10.2. The number of hydrogen-bond acceptors (Lipinski definition) is 3. The van der Waals surface area contributed by atoms with E-state index < -0.39 is 0 Å². The Labute approximate surface area is 109 Å². The number of carbonyl (C=O) groups excluding carboxylic acids is 1. The molecule has 0 unspecified atom stereocenters. The fraction of sp³-hybridized carbons (Fsp3) is 0. The standard InChI is InChI=1S/C12H9NOS.HN3/c14-12(15)11-8-10(6-7-13-11)9-4-2-1-3-5-9;1-3-2/h1-8H,(H,14,15);1H. The van der Waals surface area contributed by atoms with E-state index in [1.54, 1.807) is 17.2 Å². The second-order valence-electron chi connectivity index (χ2n) is 3.20. The summed E-state index contributed by atoms with van der Waals surface area (Å²) in [5.74, 6) is 0. The third-order valence-corrected chi connectivity index (χ3v) is 2.32. The minimum atomic E-state index is -0.312. The molecule has 90 valence electrons. The monoisotopic (exact) mass is 258 g/mol. The number of nitrogens with zero attached hydrogens (tertiary/aromatic N) is 3. The Balaban J connectivity index is 0.000000492. The highest BCUT2D eigenvalue weighted by Crippen LogP contribution is 2.19. The van der Waals surface area contributed by atoms with Crippen molar-refractivity contribution in [1.29, 1.82) is 5.53 Å². The third kappa shape index (κ3) is 3.93. The normalized spacial score (nSPS) is 8.72. The Bertz CT molecular complexity index is 565. The summed E-state index contributed by atoms with van der Waals surface area (Å²) in [6.45, 7) is 0. The summed E-state index contributed by atoms with van der Waals surface area (Å²) in [7, 11) is 0. The molecule has 0 saturated carbocycles. The highest BCUT2D eigenvalue weighted by atomic mass is 32.1. The number of nitrogens with one attached hydrogen (secondary N) is 1. The lowest BCUT2D eigenvalue weighted by molar-refractivity contribution is 0.108. The van der Waals surface area contributed by atoms with Gasteiger partial charge in [0.2, 0.25) is 5.12 Å². The molecule has 0 aliphatic carbocycles. The van der Waals surface area contributed by atoms with Crippen LogP contribution in [0.4, 0.5) is 0 Å². The maximum absolute atomic E-state index is 11.0. The Kier molecular flexibility index (Phi) is 5.44. The molecule has 2 rings (SSSR count). The van der Waals surface area contributed by atoms with Crippen LogP contribution in [-0.2, 0) is 0 Å². The molecular formula is C12H10N4OS. The molecule has 5 nitrogen and oxygen atoms in total. The molecule has 1 N–H and O–H groups in total. The first-order valence-corrected chi connectivity index (χ1v) is 5.39. The SMILES string of the molecule is O=C(S)c1cc(-c2ccccc2)ccn1.[N-]=[N+]=N. The van der Waals surface area contributed by atoms with Gasteiger partial charge >= 0.3 is 0 Å². The second-order valence-corrected chi connectivity index (χ2v) is 3.61. The summed E-state index contributed by atoms with van der Waals surface area (Å²) in [5.41, 5.74) is 14.7. The predicted octanol–water partition coefficient (Wildman–Crippen LogP) is 3.69. The third-order valence-electron chi connectivity index (χ3n) is 2.09. The van der Waals surface area contributed by atoms with Crippen LogP contribution in [0.5, 0.6) is 0 Å². The second kappa shape index (κ2) is 7.11. The van der Waals surface area contributed by atoms with E-state index in [1.807, 2.05) is 36.4 Å². The summed E-state index contributed by atoms with van der Waals surface area (Å²) in [6, 6.07) is 13.5. The predicted molar refractivity (Wildman–Crippen MR) is 72.4 cm³/mol. The Morgan fingerprint density at radius 2 is 1.83 bits per heavy atom. The van der Waals surface area contributed by atoms with Crippen LogP contribution in [0.1, 0.15) is 10.5 Å². The first-order valence-electron chi connectivity index (χ1n) is 4.94. The van der Waals surface area contributed by atoms with Gasteiger partial charge in [-0.1, -0.05) is 43.0 Å². The Morgan fingerprint density at radius 3 is 2.39 bits per heavy atom. The van der Waals surface area contributed by atoms with E-state index in [1.165, 1.54) is 0 Å². The number of carbonyl (C=O) groups is 1. The van der Waals surface area contributed by atoms with Crippen molar-refractivity contribution in [2.75, 3.05) is 0 Å². The van der Waals surface area contributed by atoms with Crippen molar-refractivity contribution in [2.24, 2.45) is 0 Å². The van der Waals surface area contributed by atoms with Crippen molar-refractivity contribution in [2.45, 2.75) is 0 Å². The molecular weight excluding hydrogens is 248 g/mol. The highest BCUT2D eigenvalue weighted by molar-refractivity contribution is 7.97. The van der Waals surface area contributed by atoms with Gasteiger partial charge in [-0.05, 0) is 33.7 Å². The summed E-state index contributed by atoms with van der Waals surface area (Å²) in [4.78, 5) is 16.7. The summed E-state index contributed by atoms with van der Waals surface area (Å²) >= 11 is 3.75. The summed E-state index contributed by atoms with van der Waals surface area (Å²) in [6.07, 6.45) is 1.62. The molecule has 0 aliphatic rings. The van der Waals surface area contributed by atoms with Crippen LogP contribution in [0, 0.1) is 5.53 Å². The molecule has 1 aromatic carbocycles. The van der Waals surface area contributed by atoms with Crippen molar-refractivity contribution in [3.05, 3.63) is 64.8 Å². The summed E-state index contributed by atoms with van der Waals surface area (Å²) in [5, 5.41) is -0.312. The van der Waals surface area contributed by atoms with Gasteiger partial charge in [0.05, 0.1) is 0 Å². The van der Waals surface area contributed by atoms with E-state index in [-0.39, 0.29) is 5.12 Å². The quantitative estimate of drug-likeness (QED) is 0.372. The minimum Gasteiger partial charge on any atom is -0.280 e. The minimum absolute atomic E-state index is 0.312. The van der Waals surface area contributed by atoms with Gasteiger partial charge in [0.25, 0.3) is 0 Å². The number of hydrogen-bond donors (Lipinski definition) is 2. The van der Waals surface area contributed by atoms with Crippen LogP contribution in [0.2, 0.25) is 0 Å². The molecule has 1 aromatic heterocycles. The molecule has 0 aliphatic heterocycles. The highest BCUT2D eigenvalue weighted by Gasteiger charge is 2.03. The average Bonchev–Trinajstić information content (AvgIpc) is 2.41. The Morgan fingerprint density at radius 1 is 1.22 bits per heavy atom. The summed E-state index contributed by atoms with van der Waals surface area (Å²) < 4.78 is 0. The molecule has 18 heavy (non-hydrogen) atoms. The molecule has 0 amide bonds. The van der Waals surface area contributed by atoms with Gasteiger partial charge in [-0.3, -0.25) is 9.78 Å². The van der Waals surface area contributed by atoms with E-state index in [9.17, 15) is 4.79 Å². The zero-order chi connectivity index (χ0) is 13.4. The van der Waals surface area contributed by atoms with E-state index in [2.05, 4.69) is 17.6 Å². The smallest absolute Gasteiger partial charge is 0.234 e. The van der Waals surface area contributed by atoms with Gasteiger partial charge in [0, 0.05) is 6.20 Å². The van der Waals surface area contributed by atoms with Crippen LogP contribution < -0.4 is 0 Å². The topological polar surface area (TPSA) is 90.2 Å². The lowest BCUT2D eigenvalue weighted by Gasteiger charge is -2.01. The lowest BCUT2D eigenvalue weighted by Crippen LogP contribution is -1.93. The van der Waals surface area contributed by atoms with Crippen LogP contribution in [0.3, 0.4) is 0 Å².